The average molecular weight is 276 g/mol. The molecule has 1 aliphatic rings. The Morgan fingerprint density at radius 2 is 2.20 bits per heavy atom. The molecular weight excluding hydrogens is 252 g/mol. The number of rotatable bonds is 4. The number of fused-ring (bicyclic) bond motifs is 1. The highest BCUT2D eigenvalue weighted by Crippen LogP contribution is 2.41. The van der Waals surface area contributed by atoms with Gasteiger partial charge in [0.25, 0.3) is 0 Å². The number of hydrogen-bond acceptors (Lipinski definition) is 3. The van der Waals surface area contributed by atoms with E-state index in [1.54, 1.807) is 7.11 Å². The van der Waals surface area contributed by atoms with Gasteiger partial charge >= 0.3 is 0 Å². The van der Waals surface area contributed by atoms with Crippen LogP contribution in [0.4, 0.5) is 0 Å². The second-order valence-corrected chi connectivity index (χ2v) is 6.13. The maximum absolute atomic E-state index is 12.1. The summed E-state index contributed by atoms with van der Waals surface area (Å²) in [6.07, 6.45) is 1.99. The Labute approximate surface area is 120 Å². The second-order valence-electron chi connectivity index (χ2n) is 6.13. The van der Waals surface area contributed by atoms with Crippen molar-refractivity contribution in [2.24, 2.45) is 5.73 Å². The first-order valence-electron chi connectivity index (χ1n) is 7.10. The number of nitrogens with one attached hydrogen (secondary N) is 1. The van der Waals surface area contributed by atoms with Crippen LogP contribution in [0.2, 0.25) is 0 Å². The van der Waals surface area contributed by atoms with E-state index in [-0.39, 0.29) is 24.0 Å². The molecule has 2 unspecified atom stereocenters. The van der Waals surface area contributed by atoms with E-state index in [0.29, 0.717) is 0 Å². The van der Waals surface area contributed by atoms with Crippen molar-refractivity contribution in [1.82, 2.24) is 5.32 Å². The Morgan fingerprint density at radius 3 is 2.90 bits per heavy atom. The first-order chi connectivity index (χ1) is 9.45. The van der Waals surface area contributed by atoms with Crippen molar-refractivity contribution in [1.29, 1.82) is 0 Å². The molecule has 2 rings (SSSR count). The Balaban J connectivity index is 2.17. The van der Waals surface area contributed by atoms with Gasteiger partial charge in [-0.25, -0.2) is 0 Å². The van der Waals surface area contributed by atoms with Crippen molar-refractivity contribution in [2.45, 2.75) is 44.2 Å². The van der Waals surface area contributed by atoms with Gasteiger partial charge in [-0.3, -0.25) is 4.79 Å². The number of benzene rings is 1. The van der Waals surface area contributed by atoms with Gasteiger partial charge in [0.05, 0.1) is 12.6 Å². The lowest BCUT2D eigenvalue weighted by atomic mass is 9.71. The fourth-order valence-corrected chi connectivity index (χ4v) is 2.90. The fourth-order valence-electron chi connectivity index (χ4n) is 2.90. The van der Waals surface area contributed by atoms with Crippen LogP contribution in [-0.2, 0) is 14.9 Å². The van der Waals surface area contributed by atoms with Crippen LogP contribution in [0.15, 0.2) is 24.3 Å². The molecule has 1 aromatic rings. The van der Waals surface area contributed by atoms with Gasteiger partial charge < -0.3 is 15.8 Å². The van der Waals surface area contributed by atoms with E-state index in [9.17, 15) is 4.79 Å². The third-order valence-corrected chi connectivity index (χ3v) is 4.12. The number of amides is 1. The molecule has 110 valence electrons. The van der Waals surface area contributed by atoms with Gasteiger partial charge in [-0.2, -0.15) is 0 Å². The number of ether oxygens (including phenoxy) is 1. The van der Waals surface area contributed by atoms with Gasteiger partial charge in [-0.15, -0.1) is 0 Å². The topological polar surface area (TPSA) is 64.3 Å². The third kappa shape index (κ3) is 3.02. The summed E-state index contributed by atoms with van der Waals surface area (Å²) in [6.45, 7) is 4.74. The van der Waals surface area contributed by atoms with Gasteiger partial charge in [0.15, 0.2) is 0 Å². The smallest absolute Gasteiger partial charge is 0.239 e. The molecule has 0 spiro atoms. The summed E-state index contributed by atoms with van der Waals surface area (Å²) in [6, 6.07) is 7.78. The molecule has 2 atom stereocenters. The van der Waals surface area contributed by atoms with Crippen LogP contribution in [0.3, 0.4) is 0 Å². The molecule has 3 N–H and O–H groups in total. The van der Waals surface area contributed by atoms with Crippen LogP contribution in [0.25, 0.3) is 0 Å². The predicted molar refractivity (Wildman–Crippen MR) is 79.4 cm³/mol. The standard InChI is InChI=1S/C16H24N2O2/c1-16(2)9-8-14(11-6-4-5-7-12(11)16)18-15(19)13(17)10-20-3/h4-7,13-14H,8-10,17H2,1-3H3,(H,18,19). The molecule has 1 aromatic carbocycles. The lowest BCUT2D eigenvalue weighted by Gasteiger charge is -2.37. The van der Waals surface area contributed by atoms with Crippen molar-refractivity contribution in [3.05, 3.63) is 35.4 Å². The van der Waals surface area contributed by atoms with Crippen molar-refractivity contribution < 1.29 is 9.53 Å². The molecule has 0 saturated carbocycles. The highest BCUT2D eigenvalue weighted by atomic mass is 16.5. The average Bonchev–Trinajstić information content (AvgIpc) is 2.42. The Kier molecular flexibility index (Phi) is 4.45. The van der Waals surface area contributed by atoms with E-state index < -0.39 is 6.04 Å². The maximum Gasteiger partial charge on any atom is 0.239 e. The van der Waals surface area contributed by atoms with E-state index in [1.165, 1.54) is 11.1 Å². The normalized spacial score (nSPS) is 21.9. The first kappa shape index (κ1) is 15.0. The van der Waals surface area contributed by atoms with Crippen LogP contribution in [0, 0.1) is 0 Å². The minimum absolute atomic E-state index is 0.0506. The SMILES string of the molecule is COCC(N)C(=O)NC1CCC(C)(C)c2ccccc21. The van der Waals surface area contributed by atoms with Crippen molar-refractivity contribution >= 4 is 5.91 Å². The summed E-state index contributed by atoms with van der Waals surface area (Å²) < 4.78 is 4.93. The number of carbonyl (C=O) groups is 1. The number of nitrogens with two attached hydrogens (primary N) is 1. The molecule has 20 heavy (non-hydrogen) atoms. The molecule has 0 saturated heterocycles. The highest BCUT2D eigenvalue weighted by Gasteiger charge is 2.33. The summed E-state index contributed by atoms with van der Waals surface area (Å²) in [5, 5.41) is 3.05. The predicted octanol–water partition coefficient (Wildman–Crippen LogP) is 1.89. The Bertz CT molecular complexity index is 485. The summed E-state index contributed by atoms with van der Waals surface area (Å²) >= 11 is 0. The molecule has 1 amide bonds. The van der Waals surface area contributed by atoms with E-state index in [1.807, 2.05) is 6.07 Å². The van der Waals surface area contributed by atoms with Gasteiger partial charge in [0, 0.05) is 7.11 Å². The molecule has 0 aromatic heterocycles. The molecule has 0 aliphatic heterocycles. The minimum Gasteiger partial charge on any atom is -0.383 e. The number of carbonyl (C=O) groups excluding carboxylic acids is 1. The van der Waals surface area contributed by atoms with Crippen LogP contribution >= 0.6 is 0 Å². The summed E-state index contributed by atoms with van der Waals surface area (Å²) in [4.78, 5) is 12.1. The van der Waals surface area contributed by atoms with Gasteiger partial charge in [-0.05, 0) is 29.4 Å². The van der Waals surface area contributed by atoms with Crippen LogP contribution in [-0.4, -0.2) is 25.7 Å². The summed E-state index contributed by atoms with van der Waals surface area (Å²) in [7, 11) is 1.55. The lowest BCUT2D eigenvalue weighted by molar-refractivity contribution is -0.124. The molecule has 4 heteroatoms. The maximum atomic E-state index is 12.1. The Hall–Kier alpha value is -1.39. The number of methoxy groups -OCH3 is 1. The lowest BCUT2D eigenvalue weighted by Crippen LogP contribution is -2.46. The molecular formula is C16H24N2O2. The van der Waals surface area contributed by atoms with Crippen molar-refractivity contribution in [3.63, 3.8) is 0 Å². The molecule has 0 radical (unpaired) electrons. The molecule has 0 bridgehead atoms. The van der Waals surface area contributed by atoms with Gasteiger partial charge in [0.2, 0.25) is 5.91 Å². The fraction of sp³-hybridized carbons (Fsp3) is 0.562. The van der Waals surface area contributed by atoms with E-state index in [0.717, 1.165) is 12.8 Å². The molecule has 0 fully saturated rings. The minimum atomic E-state index is -0.609. The van der Waals surface area contributed by atoms with Gasteiger partial charge in [0.1, 0.15) is 6.04 Å². The zero-order chi connectivity index (χ0) is 14.8. The largest absolute Gasteiger partial charge is 0.383 e. The van der Waals surface area contributed by atoms with Gasteiger partial charge in [-0.1, -0.05) is 38.1 Å². The van der Waals surface area contributed by atoms with Crippen molar-refractivity contribution in [2.75, 3.05) is 13.7 Å². The molecule has 0 heterocycles. The van der Waals surface area contributed by atoms with Crippen LogP contribution < -0.4 is 11.1 Å². The summed E-state index contributed by atoms with van der Waals surface area (Å²) in [5.74, 6) is -0.147. The zero-order valence-electron chi connectivity index (χ0n) is 12.5. The highest BCUT2D eigenvalue weighted by molar-refractivity contribution is 5.82. The first-order valence-corrected chi connectivity index (χ1v) is 7.10. The second kappa shape index (κ2) is 5.94. The third-order valence-electron chi connectivity index (χ3n) is 4.12. The molecule has 1 aliphatic carbocycles. The van der Waals surface area contributed by atoms with E-state index >= 15 is 0 Å². The quantitative estimate of drug-likeness (QED) is 0.882. The van der Waals surface area contributed by atoms with Crippen molar-refractivity contribution in [3.8, 4) is 0 Å². The van der Waals surface area contributed by atoms with Crippen LogP contribution in [0.5, 0.6) is 0 Å². The summed E-state index contributed by atoms with van der Waals surface area (Å²) in [5.41, 5.74) is 8.47. The molecule has 4 nitrogen and oxygen atoms in total. The van der Waals surface area contributed by atoms with Crippen LogP contribution in [0.1, 0.15) is 43.9 Å². The van der Waals surface area contributed by atoms with E-state index in [2.05, 4.69) is 37.4 Å². The van der Waals surface area contributed by atoms with E-state index in [4.69, 9.17) is 10.5 Å². The Morgan fingerprint density at radius 1 is 1.50 bits per heavy atom. The monoisotopic (exact) mass is 276 g/mol. The zero-order valence-corrected chi connectivity index (χ0v) is 12.5. The number of hydrogen-bond donors (Lipinski definition) is 2.